The van der Waals surface area contributed by atoms with Gasteiger partial charge in [-0.3, -0.25) is 5.41 Å². The van der Waals surface area contributed by atoms with Crippen LogP contribution in [0.1, 0.15) is 6.92 Å². The average molecular weight is 126 g/mol. The largest absolute Gasteiger partial charge is 0.282 e. The van der Waals surface area contributed by atoms with Gasteiger partial charge in [-0.1, -0.05) is 17.5 Å². The summed E-state index contributed by atoms with van der Waals surface area (Å²) in [5.41, 5.74) is 0. The van der Waals surface area contributed by atoms with E-state index in [4.69, 9.17) is 17.0 Å². The fourth-order valence-electron chi connectivity index (χ4n) is 0.149. The Hall–Kier alpha value is -0.920. The van der Waals surface area contributed by atoms with Crippen LogP contribution in [-0.4, -0.2) is 5.17 Å². The molecule has 0 aromatic rings. The van der Waals surface area contributed by atoms with Crippen LogP contribution in [0.2, 0.25) is 0 Å². The fraction of sp³-hybridized carbons (Fsp3) is 0.167. The van der Waals surface area contributed by atoms with Crippen LogP contribution in [0.4, 0.5) is 0 Å². The van der Waals surface area contributed by atoms with E-state index < -0.39 is 0 Å². The van der Waals surface area contributed by atoms with E-state index in [1.165, 1.54) is 0 Å². The first-order valence-corrected chi connectivity index (χ1v) is 2.32. The summed E-state index contributed by atoms with van der Waals surface area (Å²) in [7, 11) is 0. The lowest BCUT2D eigenvalue weighted by atomic mass is 10.6. The molecule has 0 rings (SSSR count). The molecule has 0 amide bonds. The molecule has 8 heavy (non-hydrogen) atoms. The first-order chi connectivity index (χ1) is 3.77. The molecule has 0 atom stereocenters. The quantitative estimate of drug-likeness (QED) is 0.372. The maximum absolute atomic E-state index is 6.60. The molecule has 0 saturated carbocycles. The van der Waals surface area contributed by atoms with Crippen LogP contribution < -0.4 is 0 Å². The van der Waals surface area contributed by atoms with Crippen molar-refractivity contribution in [2.24, 2.45) is 0 Å². The Morgan fingerprint density at radius 2 is 2.12 bits per heavy atom. The third-order valence-corrected chi connectivity index (χ3v) is 0.454. The van der Waals surface area contributed by atoms with Gasteiger partial charge in [0.15, 0.2) is 5.17 Å². The molecule has 0 spiro atoms. The van der Waals surface area contributed by atoms with E-state index in [1.54, 1.807) is 6.92 Å². The Morgan fingerprint density at radius 3 is 2.50 bits per heavy atom. The molecule has 0 aromatic carbocycles. The minimum Gasteiger partial charge on any atom is -0.282 e. The van der Waals surface area contributed by atoms with E-state index in [9.17, 15) is 0 Å². The number of nitrogens with one attached hydrogen (secondary N) is 1. The summed E-state index contributed by atoms with van der Waals surface area (Å²) in [6, 6.07) is 0. The molecule has 1 nitrogen and oxygen atoms in total. The third kappa shape index (κ3) is 5.08. The van der Waals surface area contributed by atoms with Crippen LogP contribution >= 0.6 is 11.6 Å². The van der Waals surface area contributed by atoms with Gasteiger partial charge in [-0.25, -0.2) is 0 Å². The standard InChI is InChI=1S/C6H4ClN/c1-2-3-4-5-6(7)8/h8H,1H3. The van der Waals surface area contributed by atoms with Crippen molar-refractivity contribution in [1.82, 2.24) is 0 Å². The van der Waals surface area contributed by atoms with Crippen molar-refractivity contribution in [1.29, 1.82) is 5.41 Å². The zero-order chi connectivity index (χ0) is 6.41. The molecule has 0 saturated heterocycles. The average Bonchev–Trinajstić information content (AvgIpc) is 1.66. The van der Waals surface area contributed by atoms with Crippen LogP contribution in [0.3, 0.4) is 0 Å². The molecule has 0 aliphatic heterocycles. The molecule has 2 heteroatoms. The van der Waals surface area contributed by atoms with Gasteiger partial charge in [0.05, 0.1) is 0 Å². The van der Waals surface area contributed by atoms with Crippen molar-refractivity contribution in [3.8, 4) is 23.7 Å². The molecule has 0 unspecified atom stereocenters. The zero-order valence-electron chi connectivity index (χ0n) is 4.38. The molecule has 0 aliphatic rings. The van der Waals surface area contributed by atoms with E-state index in [1.807, 2.05) is 0 Å². The van der Waals surface area contributed by atoms with Crippen LogP contribution in [0, 0.1) is 29.1 Å². The number of rotatable bonds is 0. The number of hydrogen-bond acceptors (Lipinski definition) is 1. The first kappa shape index (κ1) is 7.08. The lowest BCUT2D eigenvalue weighted by molar-refractivity contribution is 1.57. The maximum Gasteiger partial charge on any atom is 0.173 e. The summed E-state index contributed by atoms with van der Waals surface area (Å²) in [4.78, 5) is 0. The number of halogens is 1. The van der Waals surface area contributed by atoms with E-state index in [-0.39, 0.29) is 5.17 Å². The topological polar surface area (TPSA) is 23.9 Å². The smallest absolute Gasteiger partial charge is 0.173 e. The molecule has 0 aromatic heterocycles. The van der Waals surface area contributed by atoms with Gasteiger partial charge in [0, 0.05) is 0 Å². The van der Waals surface area contributed by atoms with Gasteiger partial charge in [-0.05, 0) is 24.7 Å². The SMILES string of the molecule is CC#CC#CC(=N)Cl. The van der Waals surface area contributed by atoms with Gasteiger partial charge in [-0.2, -0.15) is 0 Å². The fourth-order valence-corrected chi connectivity index (χ4v) is 0.196. The molecule has 0 radical (unpaired) electrons. The third-order valence-electron chi connectivity index (χ3n) is 0.360. The van der Waals surface area contributed by atoms with Crippen molar-refractivity contribution in [2.75, 3.05) is 0 Å². The van der Waals surface area contributed by atoms with Crippen molar-refractivity contribution in [3.05, 3.63) is 0 Å². The Balaban J connectivity index is 3.81. The van der Waals surface area contributed by atoms with Crippen molar-refractivity contribution in [3.63, 3.8) is 0 Å². The summed E-state index contributed by atoms with van der Waals surface area (Å²) < 4.78 is 0. The highest BCUT2D eigenvalue weighted by Gasteiger charge is 1.71. The van der Waals surface area contributed by atoms with Crippen LogP contribution in [0.5, 0.6) is 0 Å². The summed E-state index contributed by atoms with van der Waals surface area (Å²) in [6.07, 6.45) is 0. The molecule has 40 valence electrons. The lowest BCUT2D eigenvalue weighted by Gasteiger charge is -1.64. The van der Waals surface area contributed by atoms with Crippen molar-refractivity contribution >= 4 is 16.8 Å². The predicted molar refractivity (Wildman–Crippen MR) is 34.8 cm³/mol. The monoisotopic (exact) mass is 125 g/mol. The van der Waals surface area contributed by atoms with Gasteiger partial charge in [0.2, 0.25) is 0 Å². The maximum atomic E-state index is 6.60. The van der Waals surface area contributed by atoms with E-state index in [2.05, 4.69) is 23.7 Å². The van der Waals surface area contributed by atoms with Gasteiger partial charge in [-0.15, -0.1) is 0 Å². The van der Waals surface area contributed by atoms with E-state index >= 15 is 0 Å². The molecule has 1 N–H and O–H groups in total. The predicted octanol–water partition coefficient (Wildman–Crippen LogP) is 1.23. The van der Waals surface area contributed by atoms with Crippen molar-refractivity contribution < 1.29 is 0 Å². The van der Waals surface area contributed by atoms with Crippen LogP contribution in [0.15, 0.2) is 0 Å². The Kier molecular flexibility index (Phi) is 3.76. The van der Waals surface area contributed by atoms with Crippen LogP contribution in [0.25, 0.3) is 0 Å². The summed E-state index contributed by atoms with van der Waals surface area (Å²) in [6.45, 7) is 1.67. The molecule has 0 aliphatic carbocycles. The van der Waals surface area contributed by atoms with Crippen LogP contribution in [-0.2, 0) is 0 Å². The minimum absolute atomic E-state index is 0.173. The molecule has 0 fully saturated rings. The highest BCUT2D eigenvalue weighted by atomic mass is 35.5. The summed E-state index contributed by atoms with van der Waals surface area (Å²) in [5.74, 6) is 9.63. The molecular weight excluding hydrogens is 122 g/mol. The first-order valence-electron chi connectivity index (χ1n) is 1.94. The molecule has 0 bridgehead atoms. The second-order valence-electron chi connectivity index (χ2n) is 0.939. The summed E-state index contributed by atoms with van der Waals surface area (Å²) >= 11 is 5.06. The minimum atomic E-state index is -0.173. The Bertz CT molecular complexity index is 196. The number of hydrogen-bond donors (Lipinski definition) is 1. The lowest BCUT2D eigenvalue weighted by Crippen LogP contribution is -1.70. The molecule has 0 heterocycles. The van der Waals surface area contributed by atoms with Gasteiger partial charge >= 0.3 is 0 Å². The highest BCUT2D eigenvalue weighted by Crippen LogP contribution is 1.72. The zero-order valence-corrected chi connectivity index (χ0v) is 5.13. The van der Waals surface area contributed by atoms with Gasteiger partial charge in [0.1, 0.15) is 0 Å². The normalized spacial score (nSPS) is 5.25. The van der Waals surface area contributed by atoms with E-state index in [0.29, 0.717) is 0 Å². The molecular formula is C6H4ClN. The summed E-state index contributed by atoms with van der Waals surface area (Å²) in [5, 5.41) is 6.42. The Labute approximate surface area is 53.6 Å². The highest BCUT2D eigenvalue weighted by molar-refractivity contribution is 6.69. The van der Waals surface area contributed by atoms with Gasteiger partial charge in [0.25, 0.3) is 0 Å². The Morgan fingerprint density at radius 1 is 1.50 bits per heavy atom. The van der Waals surface area contributed by atoms with E-state index in [0.717, 1.165) is 0 Å². The second kappa shape index (κ2) is 4.24. The van der Waals surface area contributed by atoms with Crippen molar-refractivity contribution in [2.45, 2.75) is 6.92 Å². The second-order valence-corrected chi connectivity index (χ2v) is 1.32. The van der Waals surface area contributed by atoms with Gasteiger partial charge < -0.3 is 0 Å².